The summed E-state index contributed by atoms with van der Waals surface area (Å²) in [6.07, 6.45) is 5.09. The number of piperidine rings is 1. The first-order chi connectivity index (χ1) is 12.7. The number of carbonyl (C=O) groups is 1. The molecular formula is C19H22N4O2S. The summed E-state index contributed by atoms with van der Waals surface area (Å²) in [5.41, 5.74) is 1.72. The molecule has 0 aromatic carbocycles. The number of fused-ring (bicyclic) bond motifs is 1. The zero-order chi connectivity index (χ0) is 17.9. The first kappa shape index (κ1) is 17.1. The smallest absolute Gasteiger partial charge is 0.317 e. The third-order valence-corrected chi connectivity index (χ3v) is 5.89. The minimum Gasteiger partial charge on any atom is -0.387 e. The van der Waals surface area contributed by atoms with Crippen LogP contribution in [0.2, 0.25) is 0 Å². The average Bonchev–Trinajstić information content (AvgIpc) is 3.35. The second-order valence-corrected chi connectivity index (χ2v) is 7.62. The predicted molar refractivity (Wildman–Crippen MR) is 101 cm³/mol. The van der Waals surface area contributed by atoms with E-state index in [-0.39, 0.29) is 11.9 Å². The fraction of sp³-hybridized carbons (Fsp3) is 0.368. The third-order valence-electron chi connectivity index (χ3n) is 4.94. The second-order valence-electron chi connectivity index (χ2n) is 6.64. The standard InChI is InChI=1S/C19H22N4O2S/c24-18(16-4-3-11-26-16)14-6-9-22(10-7-14)19(25)20-12-15-13-23-8-2-1-5-17(23)21-15/h1-5,8,11,13-14,18,24H,6-7,9-10,12H2,(H,20,25). The summed E-state index contributed by atoms with van der Waals surface area (Å²) in [6, 6.07) is 9.71. The van der Waals surface area contributed by atoms with Crippen molar-refractivity contribution >= 4 is 23.0 Å². The highest BCUT2D eigenvalue weighted by Gasteiger charge is 2.28. The van der Waals surface area contributed by atoms with Gasteiger partial charge in [-0.1, -0.05) is 12.1 Å². The zero-order valence-corrected chi connectivity index (χ0v) is 15.2. The zero-order valence-electron chi connectivity index (χ0n) is 14.4. The number of pyridine rings is 1. The maximum absolute atomic E-state index is 12.4. The Balaban J connectivity index is 1.28. The second kappa shape index (κ2) is 7.47. The molecule has 2 amide bonds. The molecule has 1 unspecified atom stereocenters. The SMILES string of the molecule is O=C(NCc1cn2ccccc2n1)N1CCC(C(O)c2cccs2)CC1. The Morgan fingerprint density at radius 1 is 1.31 bits per heavy atom. The number of hydrogen-bond acceptors (Lipinski definition) is 4. The highest BCUT2D eigenvalue weighted by molar-refractivity contribution is 7.10. The van der Waals surface area contributed by atoms with Gasteiger partial charge in [-0.05, 0) is 42.3 Å². The van der Waals surface area contributed by atoms with Crippen LogP contribution in [-0.2, 0) is 6.54 Å². The van der Waals surface area contributed by atoms with E-state index in [0.29, 0.717) is 19.6 Å². The molecule has 1 fully saturated rings. The first-order valence-corrected chi connectivity index (χ1v) is 9.75. The summed E-state index contributed by atoms with van der Waals surface area (Å²) in [4.78, 5) is 19.7. The average molecular weight is 370 g/mol. The van der Waals surface area contributed by atoms with E-state index in [1.807, 2.05) is 57.4 Å². The molecule has 0 spiro atoms. The van der Waals surface area contributed by atoms with E-state index in [4.69, 9.17) is 0 Å². The lowest BCUT2D eigenvalue weighted by molar-refractivity contribution is 0.0689. The molecule has 6 nitrogen and oxygen atoms in total. The Bertz CT molecular complexity index is 836. The summed E-state index contributed by atoms with van der Waals surface area (Å²) < 4.78 is 1.94. The maximum atomic E-state index is 12.4. The van der Waals surface area contributed by atoms with Crippen LogP contribution < -0.4 is 5.32 Å². The van der Waals surface area contributed by atoms with Gasteiger partial charge in [-0.2, -0.15) is 0 Å². The Hall–Kier alpha value is -2.38. The van der Waals surface area contributed by atoms with E-state index in [0.717, 1.165) is 29.1 Å². The molecule has 1 aliphatic rings. The van der Waals surface area contributed by atoms with Gasteiger partial charge in [0.15, 0.2) is 0 Å². The molecule has 4 heterocycles. The van der Waals surface area contributed by atoms with Crippen LogP contribution in [0.25, 0.3) is 5.65 Å². The van der Waals surface area contributed by atoms with Gasteiger partial charge in [-0.25, -0.2) is 9.78 Å². The number of likely N-dealkylation sites (tertiary alicyclic amines) is 1. The van der Waals surface area contributed by atoms with Gasteiger partial charge in [-0.15, -0.1) is 11.3 Å². The topological polar surface area (TPSA) is 69.9 Å². The molecule has 3 aromatic heterocycles. The maximum Gasteiger partial charge on any atom is 0.317 e. The minimum atomic E-state index is -0.418. The molecule has 0 saturated carbocycles. The van der Waals surface area contributed by atoms with Crippen molar-refractivity contribution in [1.29, 1.82) is 0 Å². The van der Waals surface area contributed by atoms with Crippen molar-refractivity contribution in [2.24, 2.45) is 5.92 Å². The summed E-state index contributed by atoms with van der Waals surface area (Å²) in [6.45, 7) is 1.76. The number of imidazole rings is 1. The highest BCUT2D eigenvalue weighted by Crippen LogP contribution is 2.32. The Morgan fingerprint density at radius 2 is 2.15 bits per heavy atom. The van der Waals surface area contributed by atoms with E-state index >= 15 is 0 Å². The van der Waals surface area contributed by atoms with E-state index in [9.17, 15) is 9.90 Å². The quantitative estimate of drug-likeness (QED) is 0.742. The Kier molecular flexibility index (Phi) is 4.90. The van der Waals surface area contributed by atoms with Crippen molar-refractivity contribution in [3.8, 4) is 0 Å². The van der Waals surface area contributed by atoms with Crippen LogP contribution in [0.4, 0.5) is 4.79 Å². The van der Waals surface area contributed by atoms with Crippen molar-refractivity contribution in [1.82, 2.24) is 19.6 Å². The number of hydrogen-bond donors (Lipinski definition) is 2. The summed E-state index contributed by atoms with van der Waals surface area (Å²) in [7, 11) is 0. The van der Waals surface area contributed by atoms with Crippen molar-refractivity contribution in [3.05, 3.63) is 58.7 Å². The number of nitrogens with one attached hydrogen (secondary N) is 1. The molecule has 4 rings (SSSR count). The summed E-state index contributed by atoms with van der Waals surface area (Å²) in [5, 5.41) is 15.4. The number of aliphatic hydroxyl groups is 1. The Labute approximate surface area is 156 Å². The lowest BCUT2D eigenvalue weighted by Crippen LogP contribution is -2.44. The van der Waals surface area contributed by atoms with Crippen LogP contribution in [0.1, 0.15) is 29.5 Å². The van der Waals surface area contributed by atoms with E-state index in [1.54, 1.807) is 11.3 Å². The molecule has 136 valence electrons. The number of thiophene rings is 1. The number of nitrogens with zero attached hydrogens (tertiary/aromatic N) is 3. The van der Waals surface area contributed by atoms with Gasteiger partial charge < -0.3 is 19.7 Å². The van der Waals surface area contributed by atoms with E-state index in [1.165, 1.54) is 0 Å². The van der Waals surface area contributed by atoms with Crippen LogP contribution in [-0.4, -0.2) is 38.5 Å². The van der Waals surface area contributed by atoms with Crippen LogP contribution in [0.3, 0.4) is 0 Å². The largest absolute Gasteiger partial charge is 0.387 e. The minimum absolute atomic E-state index is 0.0638. The van der Waals surface area contributed by atoms with Gasteiger partial charge in [0.05, 0.1) is 18.3 Å². The number of aliphatic hydroxyl groups excluding tert-OH is 1. The number of aromatic nitrogens is 2. The molecule has 3 aromatic rings. The molecule has 0 bridgehead atoms. The molecule has 0 aliphatic carbocycles. The number of urea groups is 1. The van der Waals surface area contributed by atoms with Gasteiger partial charge >= 0.3 is 6.03 Å². The van der Waals surface area contributed by atoms with Crippen LogP contribution in [0.15, 0.2) is 48.1 Å². The molecule has 1 saturated heterocycles. The summed E-state index contributed by atoms with van der Waals surface area (Å²) >= 11 is 1.59. The first-order valence-electron chi connectivity index (χ1n) is 8.87. The molecule has 2 N–H and O–H groups in total. The molecular weight excluding hydrogens is 348 g/mol. The normalized spacial score (nSPS) is 16.7. The number of amides is 2. The van der Waals surface area contributed by atoms with Crippen molar-refractivity contribution in [2.75, 3.05) is 13.1 Å². The Morgan fingerprint density at radius 3 is 2.88 bits per heavy atom. The lowest BCUT2D eigenvalue weighted by atomic mass is 9.90. The molecule has 0 radical (unpaired) electrons. The van der Waals surface area contributed by atoms with E-state index in [2.05, 4.69) is 10.3 Å². The van der Waals surface area contributed by atoms with Crippen molar-refractivity contribution < 1.29 is 9.90 Å². The van der Waals surface area contributed by atoms with Gasteiger partial charge in [0.2, 0.25) is 0 Å². The van der Waals surface area contributed by atoms with Gasteiger partial charge in [-0.3, -0.25) is 0 Å². The highest BCUT2D eigenvalue weighted by atomic mass is 32.1. The molecule has 26 heavy (non-hydrogen) atoms. The van der Waals surface area contributed by atoms with Crippen molar-refractivity contribution in [3.63, 3.8) is 0 Å². The van der Waals surface area contributed by atoms with Gasteiger partial charge in [0, 0.05) is 30.4 Å². The fourth-order valence-corrected chi connectivity index (χ4v) is 4.26. The fourth-order valence-electron chi connectivity index (χ4n) is 3.46. The van der Waals surface area contributed by atoms with Gasteiger partial charge in [0.25, 0.3) is 0 Å². The van der Waals surface area contributed by atoms with Gasteiger partial charge in [0.1, 0.15) is 5.65 Å². The van der Waals surface area contributed by atoms with Crippen LogP contribution in [0.5, 0.6) is 0 Å². The molecule has 1 atom stereocenters. The predicted octanol–water partition coefficient (Wildman–Crippen LogP) is 3.05. The summed E-state index contributed by atoms with van der Waals surface area (Å²) in [5.74, 6) is 0.219. The van der Waals surface area contributed by atoms with Crippen LogP contribution >= 0.6 is 11.3 Å². The van der Waals surface area contributed by atoms with Crippen LogP contribution in [0, 0.1) is 5.92 Å². The molecule has 1 aliphatic heterocycles. The molecule has 7 heteroatoms. The lowest BCUT2D eigenvalue weighted by Gasteiger charge is -2.33. The van der Waals surface area contributed by atoms with Crippen molar-refractivity contribution in [2.45, 2.75) is 25.5 Å². The third kappa shape index (κ3) is 3.59. The monoisotopic (exact) mass is 370 g/mol. The number of carbonyl (C=O) groups excluding carboxylic acids is 1. The number of rotatable bonds is 4. The van der Waals surface area contributed by atoms with E-state index < -0.39 is 6.10 Å².